The van der Waals surface area contributed by atoms with Crippen LogP contribution in [0, 0.1) is 0 Å². The fourth-order valence-corrected chi connectivity index (χ4v) is 4.46. The van der Waals surface area contributed by atoms with E-state index in [1.807, 2.05) is 58.7 Å². The molecule has 1 aliphatic heterocycles. The molecule has 0 atom stereocenters. The number of carbonyl (C=O) groups excluding carboxylic acids is 1. The van der Waals surface area contributed by atoms with Crippen molar-refractivity contribution in [3.05, 3.63) is 60.5 Å². The van der Waals surface area contributed by atoms with E-state index in [4.69, 9.17) is 0 Å². The molecule has 4 heterocycles. The van der Waals surface area contributed by atoms with Crippen LogP contribution in [0.3, 0.4) is 0 Å². The number of halogens is 1. The third-order valence-corrected chi connectivity index (χ3v) is 6.10. The zero-order valence-corrected chi connectivity index (χ0v) is 17.2. The summed E-state index contributed by atoms with van der Waals surface area (Å²) in [6, 6.07) is 9.70. The van der Waals surface area contributed by atoms with E-state index in [0.717, 1.165) is 35.0 Å². The molecule has 0 radical (unpaired) electrons. The molecule has 1 aliphatic rings. The molecule has 1 amide bonds. The Morgan fingerprint density at radius 2 is 1.97 bits per heavy atom. The number of aromatic nitrogens is 4. The molecule has 150 valence electrons. The average Bonchev–Trinajstić information content (AvgIpc) is 3.46. The fraction of sp³-hybridized carbons (Fsp3) is 0.250. The van der Waals surface area contributed by atoms with E-state index in [-0.39, 0.29) is 18.3 Å². The first-order valence-corrected chi connectivity index (χ1v) is 10.2. The van der Waals surface area contributed by atoms with Gasteiger partial charge >= 0.3 is 0 Å². The van der Waals surface area contributed by atoms with Gasteiger partial charge in [0.1, 0.15) is 5.54 Å². The molecule has 3 aromatic heterocycles. The van der Waals surface area contributed by atoms with Gasteiger partial charge < -0.3 is 10.6 Å². The molecule has 1 fully saturated rings. The van der Waals surface area contributed by atoms with E-state index in [9.17, 15) is 4.79 Å². The summed E-state index contributed by atoms with van der Waals surface area (Å²) in [6.45, 7) is 1.59. The Morgan fingerprint density at radius 1 is 1.17 bits per heavy atom. The predicted molar refractivity (Wildman–Crippen MR) is 117 cm³/mol. The van der Waals surface area contributed by atoms with Crippen LogP contribution in [0.1, 0.15) is 12.8 Å². The second-order valence-corrected chi connectivity index (χ2v) is 7.86. The topological polar surface area (TPSA) is 76.2 Å². The number of nitrogens with zero attached hydrogens (tertiary/aromatic N) is 4. The lowest BCUT2D eigenvalue weighted by molar-refractivity contribution is -0.126. The summed E-state index contributed by atoms with van der Waals surface area (Å²) in [5.74, 6) is -0.0204. The van der Waals surface area contributed by atoms with E-state index in [1.54, 1.807) is 22.2 Å². The van der Waals surface area contributed by atoms with Crippen molar-refractivity contribution in [2.45, 2.75) is 18.4 Å². The van der Waals surface area contributed by atoms with Gasteiger partial charge in [-0.15, -0.1) is 23.7 Å². The lowest BCUT2D eigenvalue weighted by Crippen LogP contribution is -2.52. The van der Waals surface area contributed by atoms with Crippen molar-refractivity contribution in [1.82, 2.24) is 24.5 Å². The number of nitrogens with one attached hydrogen (secondary N) is 2. The lowest BCUT2D eigenvalue weighted by atomic mass is 9.87. The smallest absolute Gasteiger partial charge is 0.252 e. The SMILES string of the molecule is Cl.O=C(Nc1ccc(-c2cn3ccsc3n2)cc1)C1(n2cccn2)CCNCC1. The van der Waals surface area contributed by atoms with Crippen molar-refractivity contribution in [3.8, 4) is 11.3 Å². The molecule has 0 spiro atoms. The van der Waals surface area contributed by atoms with Crippen molar-refractivity contribution in [1.29, 1.82) is 0 Å². The predicted octanol–water partition coefficient (Wildman–Crippen LogP) is 3.40. The Kier molecular flexibility index (Phi) is 5.40. The zero-order chi connectivity index (χ0) is 19.0. The third kappa shape index (κ3) is 3.55. The Morgan fingerprint density at radius 3 is 2.66 bits per heavy atom. The maximum Gasteiger partial charge on any atom is 0.252 e. The molecule has 2 N–H and O–H groups in total. The van der Waals surface area contributed by atoms with Crippen molar-refractivity contribution < 1.29 is 4.79 Å². The maximum atomic E-state index is 13.2. The van der Waals surface area contributed by atoms with Crippen molar-refractivity contribution in [2.24, 2.45) is 0 Å². The van der Waals surface area contributed by atoms with Crippen LogP contribution >= 0.6 is 23.7 Å². The molecule has 5 rings (SSSR count). The third-order valence-electron chi connectivity index (χ3n) is 5.33. The van der Waals surface area contributed by atoms with E-state index in [0.29, 0.717) is 12.8 Å². The highest BCUT2D eigenvalue weighted by Crippen LogP contribution is 2.29. The van der Waals surface area contributed by atoms with Crippen molar-refractivity contribution in [3.63, 3.8) is 0 Å². The first-order chi connectivity index (χ1) is 13.7. The number of thiazole rings is 1. The van der Waals surface area contributed by atoms with E-state index in [2.05, 4.69) is 20.7 Å². The van der Waals surface area contributed by atoms with Gasteiger partial charge in [0.15, 0.2) is 4.96 Å². The fourth-order valence-electron chi connectivity index (χ4n) is 3.76. The van der Waals surface area contributed by atoms with Crippen molar-refractivity contribution >= 4 is 40.3 Å². The molecule has 0 aliphatic carbocycles. The van der Waals surface area contributed by atoms with Crippen LogP contribution in [0.25, 0.3) is 16.2 Å². The number of benzene rings is 1. The molecule has 29 heavy (non-hydrogen) atoms. The Labute approximate surface area is 178 Å². The second-order valence-electron chi connectivity index (χ2n) is 6.98. The summed E-state index contributed by atoms with van der Waals surface area (Å²) >= 11 is 1.61. The van der Waals surface area contributed by atoms with Crippen LogP contribution in [-0.4, -0.2) is 38.2 Å². The summed E-state index contributed by atoms with van der Waals surface area (Å²) in [4.78, 5) is 18.8. The summed E-state index contributed by atoms with van der Waals surface area (Å²) in [5, 5.41) is 12.8. The standard InChI is InChI=1S/C20H20N6OS.ClH/c27-18(20(6-9-21-10-7-20)26-11-1-8-22-26)23-16-4-2-15(3-5-16)17-14-25-12-13-28-19(25)24-17;/h1-5,8,11-14,21H,6-7,9-10H2,(H,23,27);1H. The van der Waals surface area contributed by atoms with E-state index < -0.39 is 5.54 Å². The second kappa shape index (κ2) is 7.98. The van der Waals surface area contributed by atoms with Crippen LogP contribution in [0.15, 0.2) is 60.5 Å². The number of rotatable bonds is 4. The minimum atomic E-state index is -0.651. The van der Waals surface area contributed by atoms with Crippen LogP contribution in [0.4, 0.5) is 5.69 Å². The summed E-state index contributed by atoms with van der Waals surface area (Å²) in [6.07, 6.45) is 9.04. The van der Waals surface area contributed by atoms with Gasteiger partial charge in [-0.05, 0) is 44.1 Å². The summed E-state index contributed by atoms with van der Waals surface area (Å²) in [5.41, 5.74) is 2.08. The van der Waals surface area contributed by atoms with Gasteiger partial charge in [0.2, 0.25) is 0 Å². The Balaban J connectivity index is 0.00000205. The quantitative estimate of drug-likeness (QED) is 0.522. The molecule has 9 heteroatoms. The maximum absolute atomic E-state index is 13.2. The van der Waals surface area contributed by atoms with Gasteiger partial charge in [-0.2, -0.15) is 5.10 Å². The summed E-state index contributed by atoms with van der Waals surface area (Å²) in [7, 11) is 0. The average molecular weight is 429 g/mol. The number of imidazole rings is 1. The highest BCUT2D eigenvalue weighted by Gasteiger charge is 2.42. The lowest BCUT2D eigenvalue weighted by Gasteiger charge is -2.36. The molecule has 1 aromatic carbocycles. The largest absolute Gasteiger partial charge is 0.324 e. The van der Waals surface area contributed by atoms with Crippen LogP contribution < -0.4 is 10.6 Å². The highest BCUT2D eigenvalue weighted by molar-refractivity contribution is 7.15. The molecule has 1 saturated heterocycles. The van der Waals surface area contributed by atoms with Gasteiger partial charge in [0.05, 0.1) is 5.69 Å². The number of hydrogen-bond donors (Lipinski definition) is 2. The normalized spacial score (nSPS) is 15.7. The monoisotopic (exact) mass is 428 g/mol. The van der Waals surface area contributed by atoms with Gasteiger partial charge in [0, 0.05) is 41.4 Å². The van der Waals surface area contributed by atoms with Crippen LogP contribution in [-0.2, 0) is 10.3 Å². The number of carbonyl (C=O) groups is 1. The van der Waals surface area contributed by atoms with Gasteiger partial charge in [-0.25, -0.2) is 4.98 Å². The molecule has 4 aromatic rings. The number of amides is 1. The number of piperidine rings is 1. The first kappa shape index (κ1) is 19.6. The Bertz CT molecular complexity index is 1070. The number of hydrogen-bond acceptors (Lipinski definition) is 5. The molecule has 0 saturated carbocycles. The van der Waals surface area contributed by atoms with Crippen LogP contribution in [0.2, 0.25) is 0 Å². The Hall–Kier alpha value is -2.68. The first-order valence-electron chi connectivity index (χ1n) is 9.30. The van der Waals surface area contributed by atoms with Gasteiger partial charge in [0.25, 0.3) is 5.91 Å². The van der Waals surface area contributed by atoms with E-state index >= 15 is 0 Å². The number of fused-ring (bicyclic) bond motifs is 1. The molecule has 0 unspecified atom stereocenters. The summed E-state index contributed by atoms with van der Waals surface area (Å²) < 4.78 is 3.82. The molecule has 7 nitrogen and oxygen atoms in total. The molecular weight excluding hydrogens is 408 g/mol. The van der Waals surface area contributed by atoms with Crippen molar-refractivity contribution in [2.75, 3.05) is 18.4 Å². The minimum absolute atomic E-state index is 0. The highest BCUT2D eigenvalue weighted by atomic mass is 35.5. The zero-order valence-electron chi connectivity index (χ0n) is 15.6. The van der Waals surface area contributed by atoms with Gasteiger partial charge in [-0.3, -0.25) is 13.9 Å². The van der Waals surface area contributed by atoms with Gasteiger partial charge in [-0.1, -0.05) is 12.1 Å². The van der Waals surface area contributed by atoms with E-state index in [1.165, 1.54) is 0 Å². The molecule has 0 bridgehead atoms. The van der Waals surface area contributed by atoms with Crippen LogP contribution in [0.5, 0.6) is 0 Å². The minimum Gasteiger partial charge on any atom is -0.324 e. The number of anilines is 1. The molecular formula is C20H21ClN6OS.